The predicted octanol–water partition coefficient (Wildman–Crippen LogP) is 2.82. The lowest BCUT2D eigenvalue weighted by Gasteiger charge is -2.28. The normalized spacial score (nSPS) is 18.6. The van der Waals surface area contributed by atoms with Gasteiger partial charge < -0.3 is 9.84 Å². The molecule has 2 aromatic carbocycles. The molecular formula is C20H21IN2O7S2. The van der Waals surface area contributed by atoms with Crippen LogP contribution in [-0.4, -0.2) is 58.0 Å². The third-order valence-electron chi connectivity index (χ3n) is 4.38. The molecule has 0 bridgehead atoms. The van der Waals surface area contributed by atoms with Crippen molar-refractivity contribution < 1.29 is 31.5 Å². The minimum Gasteiger partial charge on any atom is -0.497 e. The molecule has 9 nitrogen and oxygen atoms in total. The molecule has 2 aromatic rings. The van der Waals surface area contributed by atoms with Crippen LogP contribution in [0.1, 0.15) is 6.42 Å². The molecule has 1 heterocycles. The lowest BCUT2D eigenvalue weighted by molar-refractivity contribution is -0.141. The number of halogens is 1. The van der Waals surface area contributed by atoms with Crippen LogP contribution in [-0.2, 0) is 25.3 Å². The molecule has 32 heavy (non-hydrogen) atoms. The summed E-state index contributed by atoms with van der Waals surface area (Å²) in [5, 5.41) is 9.49. The highest BCUT2D eigenvalue weighted by molar-refractivity contribution is 14.1. The number of ether oxygens (including phenoxy) is 1. The van der Waals surface area contributed by atoms with Crippen molar-refractivity contribution in [2.75, 3.05) is 13.7 Å². The maximum Gasteiger partial charge on any atom is 0.324 e. The van der Waals surface area contributed by atoms with Crippen LogP contribution in [0.25, 0.3) is 0 Å². The summed E-state index contributed by atoms with van der Waals surface area (Å²) in [5.74, 6) is -1.03. The number of hydrogen-bond acceptors (Lipinski definition) is 7. The summed E-state index contributed by atoms with van der Waals surface area (Å²) < 4.78 is 57.9. The zero-order chi connectivity index (χ0) is 23.7. The van der Waals surface area contributed by atoms with Gasteiger partial charge in [-0.2, -0.15) is 17.1 Å². The molecule has 3 rings (SSSR count). The zero-order valence-electron chi connectivity index (χ0n) is 16.9. The number of methoxy groups -OCH3 is 1. The number of rotatable bonds is 5. The lowest BCUT2D eigenvalue weighted by atomic mass is 10.1. The first-order valence-electron chi connectivity index (χ1n) is 9.21. The standard InChI is InChI=1S/C14H16N2O7S2.C6H5I/c1-23-10-5-7-11(8-6-10)25(21,22)16-9-3-2-4-12(15-24(19)20)13(16)14(17)18;7-6-4-2-1-3-5-6/h2-3,5-8,12-13H,4,9H2,1H3,(H,17,18);1-5H. The Hall–Kier alpha value is -2.29. The van der Waals surface area contributed by atoms with Crippen molar-refractivity contribution in [3.05, 3.63) is 70.3 Å². The van der Waals surface area contributed by atoms with Gasteiger partial charge in [-0.15, -0.1) is 0 Å². The van der Waals surface area contributed by atoms with Crippen molar-refractivity contribution in [1.29, 1.82) is 0 Å². The molecule has 12 heteroatoms. The molecule has 2 unspecified atom stereocenters. The molecule has 2 atom stereocenters. The molecule has 0 radical (unpaired) electrons. The lowest BCUT2D eigenvalue weighted by Crippen LogP contribution is -2.50. The summed E-state index contributed by atoms with van der Waals surface area (Å²) >= 11 is 2.28. The van der Waals surface area contributed by atoms with Crippen molar-refractivity contribution in [3.8, 4) is 5.75 Å². The van der Waals surface area contributed by atoms with Gasteiger partial charge in [0.25, 0.3) is 0 Å². The van der Waals surface area contributed by atoms with Gasteiger partial charge in [-0.1, -0.05) is 30.4 Å². The van der Waals surface area contributed by atoms with Gasteiger partial charge in [-0.25, -0.2) is 8.42 Å². The zero-order valence-corrected chi connectivity index (χ0v) is 20.7. The van der Waals surface area contributed by atoms with Crippen molar-refractivity contribution in [2.24, 2.45) is 4.36 Å². The number of carboxylic acids is 1. The highest BCUT2D eigenvalue weighted by atomic mass is 127. The highest BCUT2D eigenvalue weighted by Gasteiger charge is 2.41. The molecular weight excluding hydrogens is 571 g/mol. The summed E-state index contributed by atoms with van der Waals surface area (Å²) in [6.45, 7) is -0.206. The molecule has 172 valence electrons. The van der Waals surface area contributed by atoms with E-state index in [1.807, 2.05) is 18.2 Å². The third-order valence-corrected chi connectivity index (χ3v) is 7.40. The van der Waals surface area contributed by atoms with Gasteiger partial charge in [0.15, 0.2) is 0 Å². The summed E-state index contributed by atoms with van der Waals surface area (Å²) in [6.07, 6.45) is 2.99. The van der Waals surface area contributed by atoms with E-state index >= 15 is 0 Å². The fourth-order valence-electron chi connectivity index (χ4n) is 2.89. The van der Waals surface area contributed by atoms with Crippen molar-refractivity contribution in [3.63, 3.8) is 0 Å². The van der Waals surface area contributed by atoms with Crippen LogP contribution in [0.4, 0.5) is 0 Å². The Morgan fingerprint density at radius 3 is 2.22 bits per heavy atom. The number of benzene rings is 2. The molecule has 0 saturated carbocycles. The van der Waals surface area contributed by atoms with Crippen LogP contribution < -0.4 is 4.74 Å². The highest BCUT2D eigenvalue weighted by Crippen LogP contribution is 2.26. The fourth-order valence-corrected chi connectivity index (χ4v) is 5.29. The van der Waals surface area contributed by atoms with Crippen LogP contribution in [0.15, 0.2) is 76.0 Å². The number of carboxylic acid groups (broad SMARTS) is 1. The van der Waals surface area contributed by atoms with Gasteiger partial charge in [-0.3, -0.25) is 4.79 Å². The summed E-state index contributed by atoms with van der Waals surface area (Å²) in [5.41, 5.74) is 0. The van der Waals surface area contributed by atoms with E-state index in [2.05, 4.69) is 39.1 Å². The molecule has 1 aliphatic heterocycles. The average Bonchev–Trinajstić information content (AvgIpc) is 2.97. The molecule has 0 amide bonds. The molecule has 1 aliphatic rings. The van der Waals surface area contributed by atoms with E-state index in [0.717, 1.165) is 4.31 Å². The molecule has 0 saturated heterocycles. The molecule has 0 aliphatic carbocycles. The van der Waals surface area contributed by atoms with Crippen molar-refractivity contribution in [2.45, 2.75) is 23.4 Å². The molecule has 0 aromatic heterocycles. The van der Waals surface area contributed by atoms with Gasteiger partial charge in [0.1, 0.15) is 11.8 Å². The Kier molecular flexibility index (Phi) is 9.81. The van der Waals surface area contributed by atoms with E-state index in [1.165, 1.54) is 47.1 Å². The van der Waals surface area contributed by atoms with E-state index in [-0.39, 0.29) is 17.9 Å². The maximum atomic E-state index is 12.9. The first-order chi connectivity index (χ1) is 15.2. The van der Waals surface area contributed by atoms with E-state index in [4.69, 9.17) is 4.74 Å². The second-order valence-corrected chi connectivity index (χ2v) is 10.2. The third kappa shape index (κ3) is 7.12. The van der Waals surface area contributed by atoms with Crippen LogP contribution in [0.2, 0.25) is 0 Å². The summed E-state index contributed by atoms with van der Waals surface area (Å²) in [7, 11) is -5.62. The topological polar surface area (TPSA) is 130 Å². The van der Waals surface area contributed by atoms with Crippen molar-refractivity contribution in [1.82, 2.24) is 4.31 Å². The van der Waals surface area contributed by atoms with Crippen LogP contribution in [0.5, 0.6) is 5.75 Å². The number of hydrogen-bond donors (Lipinski definition) is 1. The first-order valence-corrected chi connectivity index (χ1v) is 12.8. The molecule has 0 fully saturated rings. The molecule has 0 spiro atoms. The van der Waals surface area contributed by atoms with Crippen molar-refractivity contribution >= 4 is 49.1 Å². The van der Waals surface area contributed by atoms with E-state index in [1.54, 1.807) is 0 Å². The second kappa shape index (κ2) is 12.1. The SMILES string of the molecule is COc1ccc(S(=O)(=O)N2CC=CCC(N=S(=O)=O)C2C(=O)O)cc1.Ic1ccccc1. The Morgan fingerprint density at radius 1 is 1.12 bits per heavy atom. The molecule has 1 N–H and O–H groups in total. The van der Waals surface area contributed by atoms with Gasteiger partial charge in [0.2, 0.25) is 10.0 Å². The first kappa shape index (κ1) is 26.0. The number of carbonyl (C=O) groups is 1. The van der Waals surface area contributed by atoms with Crippen LogP contribution in [0, 0.1) is 3.57 Å². The Balaban J connectivity index is 0.000000439. The second-order valence-electron chi connectivity index (χ2n) is 6.43. The quantitative estimate of drug-likeness (QED) is 0.418. The van der Waals surface area contributed by atoms with Gasteiger partial charge in [0, 0.05) is 10.1 Å². The van der Waals surface area contributed by atoms with Crippen LogP contribution >= 0.6 is 22.6 Å². The number of aliphatic carboxylic acids is 1. The largest absolute Gasteiger partial charge is 0.497 e. The van der Waals surface area contributed by atoms with E-state index in [0.29, 0.717) is 5.75 Å². The summed E-state index contributed by atoms with van der Waals surface area (Å²) in [6, 6.07) is 12.8. The maximum absolute atomic E-state index is 12.9. The smallest absolute Gasteiger partial charge is 0.324 e. The van der Waals surface area contributed by atoms with E-state index in [9.17, 15) is 26.7 Å². The number of sulfonamides is 1. The predicted molar refractivity (Wildman–Crippen MR) is 126 cm³/mol. The van der Waals surface area contributed by atoms with Crippen LogP contribution in [0.3, 0.4) is 0 Å². The van der Waals surface area contributed by atoms with E-state index < -0.39 is 38.6 Å². The minimum atomic E-state index is -4.19. The minimum absolute atomic E-state index is 0.000417. The Morgan fingerprint density at radius 2 is 1.75 bits per heavy atom. The Bertz CT molecular complexity index is 1170. The fraction of sp³-hybridized carbons (Fsp3) is 0.250. The average molecular weight is 592 g/mol. The van der Waals surface area contributed by atoms with Gasteiger partial charge in [0.05, 0.1) is 18.0 Å². The Labute approximate surface area is 201 Å². The van der Waals surface area contributed by atoms with Gasteiger partial charge >= 0.3 is 16.5 Å². The number of nitrogens with zero attached hydrogens (tertiary/aromatic N) is 2. The monoisotopic (exact) mass is 592 g/mol. The van der Waals surface area contributed by atoms with Gasteiger partial charge in [-0.05, 0) is 65.4 Å². The summed E-state index contributed by atoms with van der Waals surface area (Å²) in [4.78, 5) is 11.5.